The molecular formula is C16H23N3O. The zero-order chi connectivity index (χ0) is 13.9. The van der Waals surface area contributed by atoms with Crippen molar-refractivity contribution in [3.63, 3.8) is 0 Å². The Kier molecular flexibility index (Phi) is 3.92. The number of aryl methyl sites for hydroxylation is 2. The first-order valence-corrected chi connectivity index (χ1v) is 7.48. The molecule has 0 radical (unpaired) electrons. The number of fused-ring (bicyclic) bond motifs is 1. The molecule has 1 N–H and O–H groups in total. The number of hydrogen-bond donors (Lipinski definition) is 1. The van der Waals surface area contributed by atoms with Gasteiger partial charge in [-0.1, -0.05) is 0 Å². The van der Waals surface area contributed by atoms with E-state index >= 15 is 0 Å². The van der Waals surface area contributed by atoms with Crippen molar-refractivity contribution in [3.8, 4) is 5.75 Å². The summed E-state index contributed by atoms with van der Waals surface area (Å²) in [5, 5.41) is 3.42. The molecule has 3 rings (SSSR count). The van der Waals surface area contributed by atoms with Gasteiger partial charge >= 0.3 is 0 Å². The summed E-state index contributed by atoms with van der Waals surface area (Å²) >= 11 is 0. The van der Waals surface area contributed by atoms with E-state index in [1.807, 2.05) is 12.1 Å². The molecule has 0 spiro atoms. The van der Waals surface area contributed by atoms with E-state index in [-0.39, 0.29) is 0 Å². The third kappa shape index (κ3) is 2.66. The van der Waals surface area contributed by atoms with Crippen molar-refractivity contribution in [2.24, 2.45) is 13.0 Å². The van der Waals surface area contributed by atoms with Crippen LogP contribution in [0.1, 0.15) is 25.1 Å². The zero-order valence-electron chi connectivity index (χ0n) is 12.4. The van der Waals surface area contributed by atoms with E-state index in [1.54, 1.807) is 7.11 Å². The molecule has 0 amide bonds. The van der Waals surface area contributed by atoms with Gasteiger partial charge < -0.3 is 14.6 Å². The molecule has 2 heterocycles. The van der Waals surface area contributed by atoms with Crippen molar-refractivity contribution in [2.75, 3.05) is 20.2 Å². The van der Waals surface area contributed by atoms with Gasteiger partial charge in [0.05, 0.1) is 18.1 Å². The Morgan fingerprint density at radius 3 is 2.90 bits per heavy atom. The van der Waals surface area contributed by atoms with Gasteiger partial charge in [-0.15, -0.1) is 0 Å². The molecule has 20 heavy (non-hydrogen) atoms. The average molecular weight is 273 g/mol. The van der Waals surface area contributed by atoms with Crippen LogP contribution in [0.25, 0.3) is 11.0 Å². The number of nitrogens with zero attached hydrogens (tertiary/aromatic N) is 2. The van der Waals surface area contributed by atoms with Crippen molar-refractivity contribution in [3.05, 3.63) is 24.0 Å². The molecule has 1 aromatic carbocycles. The lowest BCUT2D eigenvalue weighted by Gasteiger charge is -2.22. The minimum absolute atomic E-state index is 0.852. The lowest BCUT2D eigenvalue weighted by atomic mass is 9.93. The first-order chi connectivity index (χ1) is 9.78. The van der Waals surface area contributed by atoms with Crippen LogP contribution in [0.3, 0.4) is 0 Å². The molecule has 0 atom stereocenters. The summed E-state index contributed by atoms with van der Waals surface area (Å²) in [5.74, 6) is 2.91. The number of imidazole rings is 1. The molecule has 1 fully saturated rings. The van der Waals surface area contributed by atoms with Crippen LogP contribution in [-0.2, 0) is 13.5 Å². The number of aromatic nitrogens is 2. The van der Waals surface area contributed by atoms with Crippen LogP contribution in [0.5, 0.6) is 5.75 Å². The average Bonchev–Trinajstić information content (AvgIpc) is 2.82. The van der Waals surface area contributed by atoms with Crippen LogP contribution < -0.4 is 10.1 Å². The van der Waals surface area contributed by atoms with Crippen LogP contribution >= 0.6 is 0 Å². The molecular weight excluding hydrogens is 250 g/mol. The van der Waals surface area contributed by atoms with Crippen molar-refractivity contribution in [2.45, 2.75) is 25.7 Å². The molecule has 0 unspecified atom stereocenters. The number of methoxy groups -OCH3 is 1. The van der Waals surface area contributed by atoms with E-state index < -0.39 is 0 Å². The number of hydrogen-bond acceptors (Lipinski definition) is 3. The van der Waals surface area contributed by atoms with Crippen LogP contribution in [0.15, 0.2) is 18.2 Å². The van der Waals surface area contributed by atoms with Crippen LogP contribution in [-0.4, -0.2) is 29.8 Å². The highest BCUT2D eigenvalue weighted by atomic mass is 16.5. The minimum Gasteiger partial charge on any atom is -0.497 e. The van der Waals surface area contributed by atoms with Crippen molar-refractivity contribution in [1.82, 2.24) is 14.9 Å². The van der Waals surface area contributed by atoms with Crippen LogP contribution in [0, 0.1) is 5.92 Å². The Bertz CT molecular complexity index is 585. The fraction of sp³-hybridized carbons (Fsp3) is 0.562. The number of ether oxygens (including phenoxy) is 1. The van der Waals surface area contributed by atoms with E-state index in [9.17, 15) is 0 Å². The largest absolute Gasteiger partial charge is 0.497 e. The SMILES string of the molecule is COc1ccc2c(c1)nc(CCC1CCNCC1)n2C. The Labute approximate surface area is 120 Å². The van der Waals surface area contributed by atoms with Gasteiger partial charge in [-0.05, 0) is 50.4 Å². The second-order valence-electron chi connectivity index (χ2n) is 5.67. The van der Waals surface area contributed by atoms with Gasteiger partial charge in [0.25, 0.3) is 0 Å². The predicted molar refractivity (Wildman–Crippen MR) is 81.2 cm³/mol. The zero-order valence-corrected chi connectivity index (χ0v) is 12.4. The molecule has 1 saturated heterocycles. The number of benzene rings is 1. The standard InChI is InChI=1S/C16H23N3O/c1-19-15-5-4-13(20-2)11-14(15)18-16(19)6-3-12-7-9-17-10-8-12/h4-5,11-12,17H,3,6-10H2,1-2H3. The van der Waals surface area contributed by atoms with E-state index in [1.165, 1.54) is 43.7 Å². The monoisotopic (exact) mass is 273 g/mol. The molecule has 1 aliphatic heterocycles. The number of rotatable bonds is 4. The maximum Gasteiger partial charge on any atom is 0.121 e. The highest BCUT2D eigenvalue weighted by Crippen LogP contribution is 2.23. The lowest BCUT2D eigenvalue weighted by molar-refractivity contribution is 0.351. The van der Waals surface area contributed by atoms with Gasteiger partial charge in [0.1, 0.15) is 11.6 Å². The third-order valence-corrected chi connectivity index (χ3v) is 4.42. The topological polar surface area (TPSA) is 39.1 Å². The van der Waals surface area contributed by atoms with E-state index in [4.69, 9.17) is 9.72 Å². The van der Waals surface area contributed by atoms with Crippen LogP contribution in [0.2, 0.25) is 0 Å². The van der Waals surface area contributed by atoms with Crippen molar-refractivity contribution < 1.29 is 4.74 Å². The minimum atomic E-state index is 0.852. The lowest BCUT2D eigenvalue weighted by Crippen LogP contribution is -2.28. The fourth-order valence-electron chi connectivity index (χ4n) is 3.08. The molecule has 4 nitrogen and oxygen atoms in total. The van der Waals surface area contributed by atoms with E-state index in [0.717, 1.165) is 23.6 Å². The second-order valence-corrected chi connectivity index (χ2v) is 5.67. The fourth-order valence-corrected chi connectivity index (χ4v) is 3.08. The Morgan fingerprint density at radius 1 is 1.35 bits per heavy atom. The summed E-state index contributed by atoms with van der Waals surface area (Å²) < 4.78 is 7.49. The molecule has 1 aromatic heterocycles. The summed E-state index contributed by atoms with van der Waals surface area (Å²) in [6.45, 7) is 2.34. The summed E-state index contributed by atoms with van der Waals surface area (Å²) in [5.41, 5.74) is 2.22. The van der Waals surface area contributed by atoms with Gasteiger partial charge in [-0.3, -0.25) is 0 Å². The normalized spacial score (nSPS) is 16.7. The molecule has 108 valence electrons. The van der Waals surface area contributed by atoms with Gasteiger partial charge in [0.15, 0.2) is 0 Å². The number of nitrogens with one attached hydrogen (secondary N) is 1. The van der Waals surface area contributed by atoms with Gasteiger partial charge in [0, 0.05) is 19.5 Å². The summed E-state index contributed by atoms with van der Waals surface area (Å²) in [4.78, 5) is 4.77. The maximum atomic E-state index is 5.27. The van der Waals surface area contributed by atoms with E-state index in [2.05, 4.69) is 23.0 Å². The Morgan fingerprint density at radius 2 is 2.15 bits per heavy atom. The first-order valence-electron chi connectivity index (χ1n) is 7.48. The molecule has 0 saturated carbocycles. The summed E-state index contributed by atoms with van der Waals surface area (Å²) in [7, 11) is 3.81. The summed E-state index contributed by atoms with van der Waals surface area (Å²) in [6.07, 6.45) is 4.92. The number of piperidine rings is 1. The second kappa shape index (κ2) is 5.83. The molecule has 0 bridgehead atoms. The van der Waals surface area contributed by atoms with Crippen molar-refractivity contribution in [1.29, 1.82) is 0 Å². The van der Waals surface area contributed by atoms with Gasteiger partial charge in [0.2, 0.25) is 0 Å². The molecule has 0 aliphatic carbocycles. The summed E-state index contributed by atoms with van der Waals surface area (Å²) in [6, 6.07) is 6.11. The predicted octanol–water partition coefficient (Wildman–Crippen LogP) is 2.51. The van der Waals surface area contributed by atoms with E-state index in [0.29, 0.717) is 0 Å². The third-order valence-electron chi connectivity index (χ3n) is 4.42. The van der Waals surface area contributed by atoms with Gasteiger partial charge in [-0.25, -0.2) is 4.98 Å². The Hall–Kier alpha value is -1.55. The molecule has 4 heteroatoms. The quantitative estimate of drug-likeness (QED) is 0.930. The van der Waals surface area contributed by atoms with Crippen molar-refractivity contribution >= 4 is 11.0 Å². The molecule has 2 aromatic rings. The first kappa shape index (κ1) is 13.4. The highest BCUT2D eigenvalue weighted by Gasteiger charge is 2.15. The van der Waals surface area contributed by atoms with Gasteiger partial charge in [-0.2, -0.15) is 0 Å². The smallest absolute Gasteiger partial charge is 0.121 e. The molecule has 1 aliphatic rings. The maximum absolute atomic E-state index is 5.27. The van der Waals surface area contributed by atoms with Crippen LogP contribution in [0.4, 0.5) is 0 Å². The highest BCUT2D eigenvalue weighted by molar-refractivity contribution is 5.77. The Balaban J connectivity index is 1.75.